The van der Waals surface area contributed by atoms with E-state index in [-0.39, 0.29) is 0 Å². The number of aromatic nitrogens is 1. The van der Waals surface area contributed by atoms with Crippen molar-refractivity contribution in [1.82, 2.24) is 10.5 Å². The lowest BCUT2D eigenvalue weighted by Crippen LogP contribution is -2.35. The first-order chi connectivity index (χ1) is 13.2. The molecule has 2 aromatic carbocycles. The molecule has 3 aromatic rings. The second-order valence-electron chi connectivity index (χ2n) is 5.88. The number of halogens is 1. The average molecular weight is 378 g/mol. The van der Waals surface area contributed by atoms with Crippen LogP contribution in [-0.2, 0) is 6.42 Å². The molecule has 136 valence electrons. The van der Waals surface area contributed by atoms with E-state index in [2.05, 4.69) is 17.0 Å². The maximum absolute atomic E-state index is 6.41. The zero-order valence-corrected chi connectivity index (χ0v) is 15.5. The van der Waals surface area contributed by atoms with Gasteiger partial charge in [0.25, 0.3) is 0 Å². The Hall–Kier alpha value is -3.24. The van der Waals surface area contributed by atoms with Crippen LogP contribution in [0.1, 0.15) is 5.56 Å². The molecule has 0 bridgehead atoms. The number of nitrogens with zero attached hydrogens (tertiary/aromatic N) is 1. The van der Waals surface area contributed by atoms with Crippen molar-refractivity contribution in [3.05, 3.63) is 107 Å². The molecule has 0 fully saturated rings. The Kier molecular flexibility index (Phi) is 6.13. The monoisotopic (exact) mass is 377 g/mol. The number of benzene rings is 2. The van der Waals surface area contributed by atoms with Gasteiger partial charge in [-0.15, -0.1) is 0 Å². The highest BCUT2D eigenvalue weighted by Crippen LogP contribution is 2.15. The van der Waals surface area contributed by atoms with E-state index < -0.39 is 0 Å². The first-order valence-corrected chi connectivity index (χ1v) is 8.83. The van der Waals surface area contributed by atoms with Gasteiger partial charge < -0.3 is 10.6 Å². The summed E-state index contributed by atoms with van der Waals surface area (Å²) in [6.07, 6.45) is 5.85. The number of hydrogen-bond donors (Lipinski definition) is 2. The van der Waals surface area contributed by atoms with E-state index in [0.29, 0.717) is 17.2 Å². The topological polar surface area (TPSA) is 60.2 Å². The van der Waals surface area contributed by atoms with Gasteiger partial charge in [0.05, 0.1) is 5.70 Å². The van der Waals surface area contributed by atoms with Gasteiger partial charge in [-0.05, 0) is 48.0 Å². The molecule has 0 aliphatic rings. The van der Waals surface area contributed by atoms with Crippen molar-refractivity contribution >= 4 is 23.0 Å². The molecule has 0 saturated heterocycles. The van der Waals surface area contributed by atoms with Gasteiger partial charge in [-0.3, -0.25) is 4.98 Å². The zero-order chi connectivity index (χ0) is 19.1. The molecule has 0 atom stereocenters. The molecular formula is C22H20ClN3O. The Morgan fingerprint density at radius 3 is 2.37 bits per heavy atom. The van der Waals surface area contributed by atoms with Crippen LogP contribution in [0.15, 0.2) is 85.7 Å². The summed E-state index contributed by atoms with van der Waals surface area (Å²) in [6, 6.07) is 18.9. The summed E-state index contributed by atoms with van der Waals surface area (Å²) >= 11 is 5.90. The van der Waals surface area contributed by atoms with Crippen LogP contribution in [0, 0.1) is 0 Å². The summed E-state index contributed by atoms with van der Waals surface area (Å²) in [4.78, 5) is 9.69. The van der Waals surface area contributed by atoms with Crippen LogP contribution in [0.25, 0.3) is 11.4 Å². The molecule has 0 saturated carbocycles. The Morgan fingerprint density at radius 1 is 1.04 bits per heavy atom. The van der Waals surface area contributed by atoms with Crippen molar-refractivity contribution < 1.29 is 4.84 Å². The Bertz CT molecular complexity index is 1030. The molecule has 1 heterocycles. The van der Waals surface area contributed by atoms with E-state index in [1.54, 1.807) is 42.7 Å². The van der Waals surface area contributed by atoms with Gasteiger partial charge in [0.2, 0.25) is 0 Å². The molecule has 3 N–H and O–H groups in total. The number of nitrogens with one attached hydrogen (secondary N) is 1. The van der Waals surface area contributed by atoms with Crippen LogP contribution < -0.4 is 26.5 Å². The molecular weight excluding hydrogens is 358 g/mol. The first kappa shape index (κ1) is 18.5. The maximum Gasteiger partial charge on any atom is 0.155 e. The van der Waals surface area contributed by atoms with Crippen LogP contribution in [-0.4, -0.2) is 4.98 Å². The maximum atomic E-state index is 6.41. The predicted octanol–water partition coefficient (Wildman–Crippen LogP) is 2.92. The van der Waals surface area contributed by atoms with Crippen LogP contribution >= 0.6 is 11.6 Å². The minimum atomic E-state index is 0.627. The van der Waals surface area contributed by atoms with Gasteiger partial charge in [0.15, 0.2) is 5.75 Å². The van der Waals surface area contributed by atoms with E-state index in [1.807, 2.05) is 36.4 Å². The third-order valence-corrected chi connectivity index (χ3v) is 4.26. The van der Waals surface area contributed by atoms with Crippen LogP contribution in [0.3, 0.4) is 0 Å². The molecule has 0 unspecified atom stereocenters. The van der Waals surface area contributed by atoms with Crippen molar-refractivity contribution in [2.45, 2.75) is 6.42 Å². The number of rotatable bonds is 6. The molecule has 4 nitrogen and oxygen atoms in total. The number of hydrogen-bond acceptors (Lipinski definition) is 4. The molecule has 0 spiro atoms. The van der Waals surface area contributed by atoms with Crippen molar-refractivity contribution in [3.63, 3.8) is 0 Å². The van der Waals surface area contributed by atoms with E-state index in [0.717, 1.165) is 27.4 Å². The summed E-state index contributed by atoms with van der Waals surface area (Å²) in [7, 11) is 0. The highest BCUT2D eigenvalue weighted by atomic mass is 35.5. The largest absolute Gasteiger partial charge is 0.401 e. The fourth-order valence-corrected chi connectivity index (χ4v) is 2.76. The van der Waals surface area contributed by atoms with E-state index >= 15 is 0 Å². The van der Waals surface area contributed by atoms with E-state index in [1.165, 1.54) is 0 Å². The number of hydroxylamine groups is 1. The second kappa shape index (κ2) is 8.92. The van der Waals surface area contributed by atoms with Gasteiger partial charge in [0, 0.05) is 40.0 Å². The molecule has 0 amide bonds. The summed E-state index contributed by atoms with van der Waals surface area (Å²) in [5.74, 6) is 0.643. The minimum absolute atomic E-state index is 0.627. The lowest BCUT2D eigenvalue weighted by atomic mass is 10.1. The van der Waals surface area contributed by atoms with Crippen molar-refractivity contribution in [3.8, 4) is 5.75 Å². The molecule has 0 aliphatic carbocycles. The Morgan fingerprint density at radius 2 is 1.70 bits per heavy atom. The smallest absolute Gasteiger partial charge is 0.155 e. The predicted molar refractivity (Wildman–Crippen MR) is 110 cm³/mol. The van der Waals surface area contributed by atoms with Gasteiger partial charge >= 0.3 is 0 Å². The van der Waals surface area contributed by atoms with Crippen LogP contribution in [0.4, 0.5) is 0 Å². The summed E-state index contributed by atoms with van der Waals surface area (Å²) < 4.78 is 0. The normalized spacial score (nSPS) is 12.8. The standard InChI is InChI=1S/C22H20ClN3O/c1-2-22(26-27-18-9-7-17(23)8-10-18)20-6-4-3-5-19(20)21(24)15-16-11-13-25-14-12-16/h2-14,26H,1,15,24H2/b21-19-,22-20+. The molecule has 0 radical (unpaired) electrons. The summed E-state index contributed by atoms with van der Waals surface area (Å²) in [5.41, 5.74) is 11.9. The Balaban J connectivity index is 1.96. The summed E-state index contributed by atoms with van der Waals surface area (Å²) in [5, 5.41) is 2.49. The fourth-order valence-electron chi connectivity index (χ4n) is 2.64. The lowest BCUT2D eigenvalue weighted by Gasteiger charge is -2.10. The second-order valence-corrected chi connectivity index (χ2v) is 6.32. The van der Waals surface area contributed by atoms with E-state index in [4.69, 9.17) is 22.2 Å². The fraction of sp³-hybridized carbons (Fsp3) is 0.0455. The minimum Gasteiger partial charge on any atom is -0.401 e. The molecule has 3 rings (SSSR count). The highest BCUT2D eigenvalue weighted by Gasteiger charge is 2.02. The third-order valence-electron chi connectivity index (χ3n) is 4.00. The van der Waals surface area contributed by atoms with Gasteiger partial charge in [0.1, 0.15) is 0 Å². The number of pyridine rings is 1. The summed E-state index contributed by atoms with van der Waals surface area (Å²) in [6.45, 7) is 3.89. The van der Waals surface area contributed by atoms with E-state index in [9.17, 15) is 0 Å². The first-order valence-electron chi connectivity index (χ1n) is 8.45. The molecule has 0 aliphatic heterocycles. The SMILES string of the molecule is C=C/C(NOc1ccc(Cl)cc1)=c1/cccc/c1=C(/N)Cc1ccncc1. The van der Waals surface area contributed by atoms with Gasteiger partial charge in [-0.1, -0.05) is 42.4 Å². The lowest BCUT2D eigenvalue weighted by molar-refractivity contribution is 0.252. The van der Waals surface area contributed by atoms with Crippen LogP contribution in [0.2, 0.25) is 5.02 Å². The highest BCUT2D eigenvalue weighted by molar-refractivity contribution is 6.30. The van der Waals surface area contributed by atoms with Crippen LogP contribution in [0.5, 0.6) is 5.75 Å². The third kappa shape index (κ3) is 4.90. The quantitative estimate of drug-likeness (QED) is 0.648. The van der Waals surface area contributed by atoms with Gasteiger partial charge in [-0.25, -0.2) is 5.48 Å². The molecule has 5 heteroatoms. The molecule has 1 aromatic heterocycles. The number of nitrogens with two attached hydrogens (primary N) is 1. The van der Waals surface area contributed by atoms with Crippen molar-refractivity contribution in [2.75, 3.05) is 0 Å². The zero-order valence-electron chi connectivity index (χ0n) is 14.7. The Labute approximate surface area is 163 Å². The van der Waals surface area contributed by atoms with Crippen molar-refractivity contribution in [1.29, 1.82) is 0 Å². The van der Waals surface area contributed by atoms with Gasteiger partial charge in [-0.2, -0.15) is 0 Å². The van der Waals surface area contributed by atoms with Crippen molar-refractivity contribution in [2.24, 2.45) is 5.73 Å². The average Bonchev–Trinajstić information content (AvgIpc) is 2.71. The molecule has 27 heavy (non-hydrogen) atoms.